The number of rotatable bonds is 1. The Balaban J connectivity index is 1.97. The number of hydrogen-bond acceptors (Lipinski definition) is 1. The van der Waals surface area contributed by atoms with Gasteiger partial charge in [0, 0.05) is 5.33 Å². The van der Waals surface area contributed by atoms with Crippen LogP contribution in [0.4, 0.5) is 0 Å². The number of aliphatic hydroxyl groups excluding tert-OH is 1. The molecule has 0 fully saturated rings. The third-order valence-corrected chi connectivity index (χ3v) is 0.439. The third-order valence-electron chi connectivity index (χ3n) is 0.0845. The van der Waals surface area contributed by atoms with Crippen LogP contribution >= 0.6 is 15.9 Å². The molecule has 0 spiro atoms. The molecule has 0 aromatic rings. The Morgan fingerprint density at radius 3 is 2.25 bits per heavy atom. The summed E-state index contributed by atoms with van der Waals surface area (Å²) in [6, 6.07) is 0. The quantitative estimate of drug-likeness (QED) is 0.504. The van der Waals surface area contributed by atoms with Crippen molar-refractivity contribution in [3.63, 3.8) is 0 Å². The predicted octanol–water partition coefficient (Wildman–Crippen LogP) is 0.374. The number of halogens is 1. The van der Waals surface area contributed by atoms with Crippen molar-refractivity contribution in [2.45, 2.75) is 0 Å². The van der Waals surface area contributed by atoms with Gasteiger partial charge < -0.3 is 5.11 Å². The molecule has 0 heterocycles. The van der Waals surface area contributed by atoms with Gasteiger partial charge in [-0.05, 0) is 0 Å². The Morgan fingerprint density at radius 2 is 2.25 bits per heavy atom. The van der Waals surface area contributed by atoms with E-state index in [1.54, 1.807) is 0 Å². The molecule has 0 aliphatic rings. The van der Waals surface area contributed by atoms with E-state index < -0.39 is 0 Å². The summed E-state index contributed by atoms with van der Waals surface area (Å²) in [7, 11) is 0. The smallest absolute Gasteiger partial charge is 0.0528 e. The van der Waals surface area contributed by atoms with E-state index in [4.69, 9.17) is 5.11 Å². The van der Waals surface area contributed by atoms with Crippen molar-refractivity contribution >= 4 is 15.9 Å². The first-order valence-electron chi connectivity index (χ1n) is 1.08. The van der Waals surface area contributed by atoms with Crippen molar-refractivity contribution in [1.29, 1.82) is 0 Å². The summed E-state index contributed by atoms with van der Waals surface area (Å²) < 4.78 is 0. The van der Waals surface area contributed by atoms with Crippen LogP contribution in [0.15, 0.2) is 0 Å². The van der Waals surface area contributed by atoms with E-state index in [0.29, 0.717) is 5.33 Å². The predicted molar refractivity (Wildman–Crippen MR) is 20.9 cm³/mol. The Hall–Kier alpha value is 0.440. The molecule has 1 N–H and O–H groups in total. The van der Waals surface area contributed by atoms with E-state index in [0.717, 1.165) is 0 Å². The van der Waals surface area contributed by atoms with Crippen LogP contribution in [0.1, 0.15) is 0 Å². The summed E-state index contributed by atoms with van der Waals surface area (Å²) in [6.07, 6.45) is 0. The average molecular weight is 127 g/mol. The molecule has 0 saturated carbocycles. The van der Waals surface area contributed by atoms with Gasteiger partial charge in [-0.1, -0.05) is 15.9 Å². The van der Waals surface area contributed by atoms with Gasteiger partial charge in [0.05, 0.1) is 6.61 Å². The molecule has 0 rings (SSSR count). The summed E-state index contributed by atoms with van der Waals surface area (Å²) in [4.78, 5) is 0. The van der Waals surface area contributed by atoms with Crippen molar-refractivity contribution in [3.8, 4) is 0 Å². The lowest BCUT2D eigenvalue weighted by molar-refractivity contribution is 0.324. The fourth-order valence-electron chi connectivity index (χ4n) is 0. The van der Waals surface area contributed by atoms with Crippen LogP contribution in [-0.4, -0.2) is 17.0 Å². The minimum atomic E-state index is 0.236. The Morgan fingerprint density at radius 1 is 2.00 bits per heavy atom. The molecule has 1 nitrogen and oxygen atoms in total. The Kier molecular flexibility index (Phi) is 3.82. The first-order valence-corrected chi connectivity index (χ1v) is 2.20. The zero-order valence-electron chi connectivity index (χ0n) is 2.24. The second kappa shape index (κ2) is 3.44. The summed E-state index contributed by atoms with van der Waals surface area (Å²) in [5.41, 5.74) is 0. The molecular formula is C2H5BrO. The third kappa shape index (κ3) is 2.44. The monoisotopic (exact) mass is 126 g/mol. The summed E-state index contributed by atoms with van der Waals surface area (Å²) in [6.45, 7) is 0.236. The standard InChI is InChI=1S/C2H5BrO/c3-1-2-4/h4H,1-2H2/i2+2. The molecule has 4 heavy (non-hydrogen) atoms. The molecule has 0 unspecified atom stereocenters. The molecular weight excluding hydrogens is 122 g/mol. The first-order chi connectivity index (χ1) is 1.91. The van der Waals surface area contributed by atoms with Crippen molar-refractivity contribution in [2.75, 3.05) is 11.9 Å². The lowest BCUT2D eigenvalue weighted by Gasteiger charge is -1.67. The highest BCUT2D eigenvalue weighted by molar-refractivity contribution is 9.09. The molecule has 26 valence electrons. The minimum Gasteiger partial charge on any atom is -0.396 e. The maximum atomic E-state index is 7.83. The van der Waals surface area contributed by atoms with Gasteiger partial charge in [-0.15, -0.1) is 0 Å². The van der Waals surface area contributed by atoms with E-state index in [1.165, 1.54) is 0 Å². The topological polar surface area (TPSA) is 20.2 Å². The molecule has 0 aromatic heterocycles. The van der Waals surface area contributed by atoms with Crippen LogP contribution in [0.5, 0.6) is 0 Å². The second-order valence-electron chi connectivity index (χ2n) is 0.413. The van der Waals surface area contributed by atoms with Gasteiger partial charge >= 0.3 is 0 Å². The SMILES string of the molecule is O[14CH2]CBr. The lowest BCUT2D eigenvalue weighted by atomic mass is 11.5. The van der Waals surface area contributed by atoms with E-state index in [1.807, 2.05) is 0 Å². The maximum absolute atomic E-state index is 7.83. The molecule has 0 bridgehead atoms. The van der Waals surface area contributed by atoms with E-state index >= 15 is 0 Å². The van der Waals surface area contributed by atoms with Crippen molar-refractivity contribution < 1.29 is 5.11 Å². The molecule has 2 heteroatoms. The Bertz CT molecular complexity index is 8.00. The Labute approximate surface area is 33.8 Å². The first kappa shape index (κ1) is 4.44. The van der Waals surface area contributed by atoms with Crippen LogP contribution in [0.25, 0.3) is 0 Å². The van der Waals surface area contributed by atoms with Gasteiger partial charge in [0.2, 0.25) is 0 Å². The molecule has 0 saturated heterocycles. The lowest BCUT2D eigenvalue weighted by Crippen LogP contribution is -1.75. The van der Waals surface area contributed by atoms with Crippen LogP contribution < -0.4 is 0 Å². The summed E-state index contributed by atoms with van der Waals surface area (Å²) in [5.74, 6) is 0. The van der Waals surface area contributed by atoms with Crippen molar-refractivity contribution in [3.05, 3.63) is 0 Å². The normalized spacial score (nSPS) is 7.50. The van der Waals surface area contributed by atoms with Gasteiger partial charge in [-0.2, -0.15) is 0 Å². The van der Waals surface area contributed by atoms with Crippen molar-refractivity contribution in [1.82, 2.24) is 0 Å². The largest absolute Gasteiger partial charge is 0.396 e. The van der Waals surface area contributed by atoms with Gasteiger partial charge in [-0.3, -0.25) is 0 Å². The number of hydrogen-bond donors (Lipinski definition) is 1. The minimum absolute atomic E-state index is 0.236. The second-order valence-corrected chi connectivity index (χ2v) is 1.21. The molecule has 0 atom stereocenters. The van der Waals surface area contributed by atoms with Gasteiger partial charge in [0.15, 0.2) is 0 Å². The van der Waals surface area contributed by atoms with Crippen molar-refractivity contribution in [2.24, 2.45) is 0 Å². The molecule has 0 aliphatic carbocycles. The van der Waals surface area contributed by atoms with Gasteiger partial charge in [0.1, 0.15) is 0 Å². The van der Waals surface area contributed by atoms with E-state index in [-0.39, 0.29) is 6.61 Å². The number of aliphatic hydroxyl groups is 1. The highest BCUT2D eigenvalue weighted by Crippen LogP contribution is 1.69. The zero-order valence-corrected chi connectivity index (χ0v) is 3.83. The van der Waals surface area contributed by atoms with Crippen LogP contribution in [0.3, 0.4) is 0 Å². The molecule has 0 aromatic carbocycles. The zero-order chi connectivity index (χ0) is 3.41. The summed E-state index contributed by atoms with van der Waals surface area (Å²) >= 11 is 3.00. The highest BCUT2D eigenvalue weighted by Gasteiger charge is 1.59. The van der Waals surface area contributed by atoms with E-state index in [2.05, 4.69) is 15.9 Å². The molecule has 0 aliphatic heterocycles. The summed E-state index contributed by atoms with van der Waals surface area (Å²) in [5, 5.41) is 8.52. The average Bonchev–Trinajstić information content (AvgIpc) is 1.37. The highest BCUT2D eigenvalue weighted by atomic mass is 79.9. The number of alkyl halides is 1. The van der Waals surface area contributed by atoms with E-state index in [9.17, 15) is 0 Å². The fraction of sp³-hybridized carbons (Fsp3) is 1.00. The maximum Gasteiger partial charge on any atom is 0.0528 e. The van der Waals surface area contributed by atoms with Gasteiger partial charge in [-0.25, -0.2) is 0 Å². The molecule has 0 radical (unpaired) electrons. The fourth-order valence-corrected chi connectivity index (χ4v) is 0. The van der Waals surface area contributed by atoms with Gasteiger partial charge in [0.25, 0.3) is 0 Å². The van der Waals surface area contributed by atoms with Crippen LogP contribution in [-0.2, 0) is 0 Å². The van der Waals surface area contributed by atoms with Crippen LogP contribution in [0.2, 0.25) is 0 Å². The molecule has 0 amide bonds. The van der Waals surface area contributed by atoms with Crippen LogP contribution in [0, 0.1) is 0 Å².